The van der Waals surface area contributed by atoms with Crippen LogP contribution in [0.4, 0.5) is 5.69 Å². The van der Waals surface area contributed by atoms with E-state index < -0.39 is 0 Å². The normalized spacial score (nSPS) is 10.7. The first kappa shape index (κ1) is 17.1. The number of carbonyl (C=O) groups excluding carboxylic acids is 1. The van der Waals surface area contributed by atoms with Gasteiger partial charge in [0.2, 0.25) is 11.7 Å². The fourth-order valence-electron chi connectivity index (χ4n) is 2.51. The van der Waals surface area contributed by atoms with Gasteiger partial charge in [0.1, 0.15) is 6.54 Å². The average Bonchev–Trinajstić information content (AvgIpc) is 3.00. The lowest BCUT2D eigenvalue weighted by atomic mass is 10.1. The predicted molar refractivity (Wildman–Crippen MR) is 97.5 cm³/mol. The molecule has 0 aliphatic carbocycles. The molecular formula is C18H18ClN5O. The smallest absolute Gasteiger partial charge is 0.248 e. The maximum Gasteiger partial charge on any atom is 0.248 e. The summed E-state index contributed by atoms with van der Waals surface area (Å²) in [5.41, 5.74) is 4.57. The van der Waals surface area contributed by atoms with Crippen molar-refractivity contribution in [1.82, 2.24) is 20.2 Å². The van der Waals surface area contributed by atoms with Crippen LogP contribution >= 0.6 is 11.6 Å². The predicted octanol–water partition coefficient (Wildman–Crippen LogP) is 3.56. The van der Waals surface area contributed by atoms with Crippen LogP contribution in [0.15, 0.2) is 36.4 Å². The van der Waals surface area contributed by atoms with Crippen molar-refractivity contribution in [2.75, 3.05) is 5.32 Å². The second-order valence-corrected chi connectivity index (χ2v) is 6.40. The second-order valence-electron chi connectivity index (χ2n) is 6.00. The lowest BCUT2D eigenvalue weighted by molar-refractivity contribution is -0.117. The van der Waals surface area contributed by atoms with Gasteiger partial charge in [-0.2, -0.15) is 4.80 Å². The van der Waals surface area contributed by atoms with E-state index in [1.54, 1.807) is 0 Å². The van der Waals surface area contributed by atoms with Gasteiger partial charge < -0.3 is 5.32 Å². The maximum absolute atomic E-state index is 12.3. The Morgan fingerprint density at radius 2 is 1.84 bits per heavy atom. The van der Waals surface area contributed by atoms with Crippen LogP contribution in [0.2, 0.25) is 5.02 Å². The molecule has 0 atom stereocenters. The molecule has 0 fully saturated rings. The molecule has 0 saturated carbocycles. The molecule has 0 unspecified atom stereocenters. The van der Waals surface area contributed by atoms with Crippen molar-refractivity contribution in [1.29, 1.82) is 0 Å². The minimum Gasteiger partial charge on any atom is -0.323 e. The van der Waals surface area contributed by atoms with Crippen LogP contribution in [-0.2, 0) is 11.3 Å². The molecule has 0 bridgehead atoms. The minimum absolute atomic E-state index is 0.0392. The van der Waals surface area contributed by atoms with Crippen LogP contribution in [0, 0.1) is 20.8 Å². The number of nitrogens with one attached hydrogen (secondary N) is 1. The SMILES string of the molecule is Cc1ccc(-c2nnn(CC(=O)Nc3c(C)cc(C)cc3Cl)n2)cc1. The van der Waals surface area contributed by atoms with E-state index in [4.69, 9.17) is 11.6 Å². The van der Waals surface area contributed by atoms with Gasteiger partial charge in [0.05, 0.1) is 10.7 Å². The Hall–Kier alpha value is -2.73. The summed E-state index contributed by atoms with van der Waals surface area (Å²) in [6.45, 7) is 5.83. The highest BCUT2D eigenvalue weighted by Gasteiger charge is 2.12. The monoisotopic (exact) mass is 355 g/mol. The van der Waals surface area contributed by atoms with Gasteiger partial charge >= 0.3 is 0 Å². The van der Waals surface area contributed by atoms with Gasteiger partial charge in [-0.15, -0.1) is 10.2 Å². The number of nitrogens with zero attached hydrogens (tertiary/aromatic N) is 4. The van der Waals surface area contributed by atoms with Crippen molar-refractivity contribution in [3.8, 4) is 11.4 Å². The van der Waals surface area contributed by atoms with Gasteiger partial charge in [0.15, 0.2) is 0 Å². The molecule has 0 aliphatic rings. The number of rotatable bonds is 4. The number of tetrazole rings is 1. The Kier molecular flexibility index (Phi) is 4.81. The van der Waals surface area contributed by atoms with Crippen LogP contribution < -0.4 is 5.32 Å². The number of carbonyl (C=O) groups is 1. The Bertz CT molecular complexity index is 894. The number of hydrogen-bond acceptors (Lipinski definition) is 4. The number of aryl methyl sites for hydroxylation is 3. The molecule has 0 saturated heterocycles. The summed E-state index contributed by atoms with van der Waals surface area (Å²) in [7, 11) is 0. The van der Waals surface area contributed by atoms with E-state index in [1.807, 2.05) is 57.2 Å². The summed E-state index contributed by atoms with van der Waals surface area (Å²) in [5.74, 6) is 0.221. The Morgan fingerprint density at radius 1 is 1.12 bits per heavy atom. The number of amides is 1. The van der Waals surface area contributed by atoms with Gasteiger partial charge in [-0.05, 0) is 43.2 Å². The molecule has 1 N–H and O–H groups in total. The maximum atomic E-state index is 12.3. The fraction of sp³-hybridized carbons (Fsp3) is 0.222. The van der Waals surface area contributed by atoms with Crippen LogP contribution in [0.3, 0.4) is 0 Å². The third-order valence-corrected chi connectivity index (χ3v) is 4.04. The topological polar surface area (TPSA) is 72.7 Å². The summed E-state index contributed by atoms with van der Waals surface area (Å²) in [6, 6.07) is 11.6. The molecule has 7 heteroatoms. The molecule has 6 nitrogen and oxygen atoms in total. The highest BCUT2D eigenvalue weighted by molar-refractivity contribution is 6.34. The average molecular weight is 356 g/mol. The van der Waals surface area contributed by atoms with E-state index in [2.05, 4.69) is 20.7 Å². The van der Waals surface area contributed by atoms with Crippen molar-refractivity contribution in [2.45, 2.75) is 27.3 Å². The molecular weight excluding hydrogens is 338 g/mol. The summed E-state index contributed by atoms with van der Waals surface area (Å²) >= 11 is 6.21. The zero-order chi connectivity index (χ0) is 18.0. The number of anilines is 1. The lowest BCUT2D eigenvalue weighted by Gasteiger charge is -2.11. The van der Waals surface area contributed by atoms with Gasteiger partial charge in [-0.25, -0.2) is 0 Å². The summed E-state index contributed by atoms with van der Waals surface area (Å²) < 4.78 is 0. The molecule has 0 radical (unpaired) electrons. The second kappa shape index (κ2) is 7.03. The lowest BCUT2D eigenvalue weighted by Crippen LogP contribution is -2.21. The van der Waals surface area contributed by atoms with E-state index in [1.165, 1.54) is 4.80 Å². The van der Waals surface area contributed by atoms with E-state index >= 15 is 0 Å². The highest BCUT2D eigenvalue weighted by Crippen LogP contribution is 2.27. The van der Waals surface area contributed by atoms with Crippen LogP contribution in [-0.4, -0.2) is 26.1 Å². The molecule has 0 spiro atoms. The standard InChI is InChI=1S/C18H18ClN5O/c1-11-4-6-14(7-5-11)18-21-23-24(22-18)10-16(25)20-17-13(3)8-12(2)9-15(17)19/h4-9H,10H2,1-3H3,(H,20,25). The van der Waals surface area contributed by atoms with Crippen molar-refractivity contribution in [2.24, 2.45) is 0 Å². The van der Waals surface area contributed by atoms with E-state index in [0.717, 1.165) is 22.3 Å². The number of halogens is 1. The quantitative estimate of drug-likeness (QED) is 0.776. The van der Waals surface area contributed by atoms with Gasteiger partial charge in [0, 0.05) is 5.56 Å². The zero-order valence-corrected chi connectivity index (χ0v) is 15.0. The number of aromatic nitrogens is 4. The van der Waals surface area contributed by atoms with E-state index in [0.29, 0.717) is 16.5 Å². The number of benzene rings is 2. The number of hydrogen-bond donors (Lipinski definition) is 1. The molecule has 1 heterocycles. The van der Waals surface area contributed by atoms with E-state index in [9.17, 15) is 4.79 Å². The molecule has 1 amide bonds. The summed E-state index contributed by atoms with van der Waals surface area (Å²) in [4.78, 5) is 13.5. The first-order valence-electron chi connectivity index (χ1n) is 7.84. The van der Waals surface area contributed by atoms with Crippen LogP contribution in [0.1, 0.15) is 16.7 Å². The van der Waals surface area contributed by atoms with Crippen molar-refractivity contribution in [3.63, 3.8) is 0 Å². The third-order valence-electron chi connectivity index (χ3n) is 3.74. The Morgan fingerprint density at radius 3 is 2.52 bits per heavy atom. The van der Waals surface area contributed by atoms with Crippen LogP contribution in [0.5, 0.6) is 0 Å². The molecule has 25 heavy (non-hydrogen) atoms. The van der Waals surface area contributed by atoms with Crippen molar-refractivity contribution < 1.29 is 4.79 Å². The van der Waals surface area contributed by atoms with Gasteiger partial charge in [-0.3, -0.25) is 4.79 Å². The largest absolute Gasteiger partial charge is 0.323 e. The highest BCUT2D eigenvalue weighted by atomic mass is 35.5. The third kappa shape index (κ3) is 4.03. The summed E-state index contributed by atoms with van der Waals surface area (Å²) in [6.07, 6.45) is 0. The van der Waals surface area contributed by atoms with Crippen molar-refractivity contribution in [3.05, 3.63) is 58.1 Å². The molecule has 3 aromatic rings. The molecule has 1 aromatic heterocycles. The zero-order valence-electron chi connectivity index (χ0n) is 14.2. The molecule has 3 rings (SSSR count). The molecule has 0 aliphatic heterocycles. The van der Waals surface area contributed by atoms with Crippen molar-refractivity contribution >= 4 is 23.2 Å². The Labute approximate surface area is 150 Å². The van der Waals surface area contributed by atoms with Gasteiger partial charge in [-0.1, -0.05) is 47.5 Å². The summed E-state index contributed by atoms with van der Waals surface area (Å²) in [5, 5.41) is 15.5. The minimum atomic E-state index is -0.262. The fourth-order valence-corrected chi connectivity index (χ4v) is 2.88. The Balaban J connectivity index is 1.71. The first-order chi connectivity index (χ1) is 11.9. The molecule has 2 aromatic carbocycles. The van der Waals surface area contributed by atoms with Gasteiger partial charge in [0.25, 0.3) is 0 Å². The van der Waals surface area contributed by atoms with Crippen LogP contribution in [0.25, 0.3) is 11.4 Å². The molecule has 128 valence electrons. The van der Waals surface area contributed by atoms with E-state index in [-0.39, 0.29) is 12.5 Å². The first-order valence-corrected chi connectivity index (χ1v) is 8.21.